The lowest BCUT2D eigenvalue weighted by Crippen LogP contribution is -2.21. The molecule has 0 saturated heterocycles. The Kier molecular flexibility index (Phi) is 4.90. The molecule has 0 spiro atoms. The molecule has 2 heterocycles. The quantitative estimate of drug-likeness (QED) is 0.573. The molecule has 1 aromatic carbocycles. The largest absolute Gasteiger partial charge is 0.452 e. The van der Waals surface area contributed by atoms with Crippen molar-refractivity contribution in [2.24, 2.45) is 0 Å². The van der Waals surface area contributed by atoms with Crippen molar-refractivity contribution in [1.29, 1.82) is 0 Å². The van der Waals surface area contributed by atoms with Gasteiger partial charge in [-0.15, -0.1) is 0 Å². The van der Waals surface area contributed by atoms with Gasteiger partial charge in [0.15, 0.2) is 6.61 Å². The van der Waals surface area contributed by atoms with Crippen molar-refractivity contribution in [3.63, 3.8) is 0 Å². The highest BCUT2D eigenvalue weighted by Gasteiger charge is 2.15. The van der Waals surface area contributed by atoms with Crippen LogP contribution in [0.4, 0.5) is 5.69 Å². The second-order valence-electron chi connectivity index (χ2n) is 5.29. The predicted octanol–water partition coefficient (Wildman–Crippen LogP) is 3.39. The van der Waals surface area contributed by atoms with Crippen LogP contribution in [-0.4, -0.2) is 28.5 Å². The molecule has 0 aliphatic heterocycles. The molecule has 0 radical (unpaired) electrons. The topological polar surface area (TPSA) is 81.2 Å². The second-order valence-corrected chi connectivity index (χ2v) is 5.65. The number of hydrogen-bond acceptors (Lipinski definition) is 5. The van der Waals surface area contributed by atoms with Crippen LogP contribution in [-0.2, 0) is 9.53 Å². The minimum Gasteiger partial charge on any atom is -0.452 e. The van der Waals surface area contributed by atoms with Gasteiger partial charge < -0.3 is 10.1 Å². The van der Waals surface area contributed by atoms with Gasteiger partial charge in [0.25, 0.3) is 5.91 Å². The summed E-state index contributed by atoms with van der Waals surface area (Å²) in [5.41, 5.74) is 2.27. The molecule has 25 heavy (non-hydrogen) atoms. The number of carbonyl (C=O) groups is 2. The molecule has 1 amide bonds. The molecular weight excluding hydrogens is 342 g/mol. The number of esters is 1. The average Bonchev–Trinajstić information content (AvgIpc) is 2.60. The lowest BCUT2D eigenvalue weighted by atomic mass is 10.1. The fraction of sp³-hybridized carbons (Fsp3) is 0.111. The molecule has 2 aromatic heterocycles. The van der Waals surface area contributed by atoms with Crippen LogP contribution in [0.15, 0.2) is 48.7 Å². The first kappa shape index (κ1) is 16.9. The van der Waals surface area contributed by atoms with Crippen molar-refractivity contribution in [1.82, 2.24) is 9.97 Å². The highest BCUT2D eigenvalue weighted by Crippen LogP contribution is 2.22. The minimum atomic E-state index is -0.705. The monoisotopic (exact) mass is 355 g/mol. The van der Waals surface area contributed by atoms with Gasteiger partial charge in [-0.1, -0.05) is 29.8 Å². The number of para-hydroxylation sites is 1. The summed E-state index contributed by atoms with van der Waals surface area (Å²) in [6, 6.07) is 12.3. The Labute approximate surface area is 148 Å². The zero-order valence-corrected chi connectivity index (χ0v) is 14.1. The van der Waals surface area contributed by atoms with Gasteiger partial charge in [0.05, 0.1) is 16.8 Å². The Morgan fingerprint density at radius 2 is 2.00 bits per heavy atom. The number of nitrogens with zero attached hydrogens (tertiary/aromatic N) is 2. The van der Waals surface area contributed by atoms with Crippen LogP contribution in [0.5, 0.6) is 0 Å². The Morgan fingerprint density at radius 1 is 1.20 bits per heavy atom. The third-order valence-corrected chi connectivity index (χ3v) is 3.73. The number of amides is 1. The van der Waals surface area contributed by atoms with E-state index < -0.39 is 18.5 Å². The zero-order valence-electron chi connectivity index (χ0n) is 13.3. The van der Waals surface area contributed by atoms with E-state index in [-0.39, 0.29) is 10.7 Å². The number of halogens is 1. The minimum absolute atomic E-state index is 0.0312. The molecule has 0 aliphatic carbocycles. The number of fused-ring (bicyclic) bond motifs is 1. The Morgan fingerprint density at radius 3 is 2.80 bits per heavy atom. The molecule has 0 fully saturated rings. The van der Waals surface area contributed by atoms with Crippen LogP contribution in [0, 0.1) is 6.92 Å². The van der Waals surface area contributed by atoms with Gasteiger partial charge in [0, 0.05) is 17.3 Å². The van der Waals surface area contributed by atoms with Gasteiger partial charge in [-0.05, 0) is 31.2 Å². The van der Waals surface area contributed by atoms with Crippen LogP contribution in [0.1, 0.15) is 16.1 Å². The third-order valence-electron chi connectivity index (χ3n) is 3.43. The van der Waals surface area contributed by atoms with E-state index in [1.807, 2.05) is 31.2 Å². The van der Waals surface area contributed by atoms with Crippen LogP contribution < -0.4 is 5.32 Å². The molecule has 7 heteroatoms. The lowest BCUT2D eigenvalue weighted by Gasteiger charge is -2.10. The van der Waals surface area contributed by atoms with Gasteiger partial charge in [-0.25, -0.2) is 9.78 Å². The fourth-order valence-corrected chi connectivity index (χ4v) is 2.54. The van der Waals surface area contributed by atoms with Crippen LogP contribution in [0.25, 0.3) is 10.9 Å². The highest BCUT2D eigenvalue weighted by molar-refractivity contribution is 6.32. The zero-order chi connectivity index (χ0) is 17.8. The van der Waals surface area contributed by atoms with Crippen LogP contribution >= 0.6 is 11.6 Å². The number of aryl methyl sites for hydroxylation is 1. The third kappa shape index (κ3) is 3.92. The summed E-state index contributed by atoms with van der Waals surface area (Å²) in [6.07, 6.45) is 1.46. The number of benzene rings is 1. The predicted molar refractivity (Wildman–Crippen MR) is 94.6 cm³/mol. The second kappa shape index (κ2) is 7.27. The van der Waals surface area contributed by atoms with E-state index in [1.54, 1.807) is 12.1 Å². The van der Waals surface area contributed by atoms with Gasteiger partial charge >= 0.3 is 5.97 Å². The van der Waals surface area contributed by atoms with E-state index in [1.165, 1.54) is 12.3 Å². The first-order chi connectivity index (χ1) is 12.0. The molecular formula is C18H14ClN3O3. The van der Waals surface area contributed by atoms with Gasteiger partial charge in [-0.3, -0.25) is 9.78 Å². The molecule has 0 unspecified atom stereocenters. The standard InChI is InChI=1S/C18H14ClN3O3/c1-11-9-15(12-5-2-3-7-14(12)21-11)22-16(23)10-25-18(24)13-6-4-8-20-17(13)19/h2-9H,10H2,1H3,(H,21,22,23). The number of anilines is 1. The fourth-order valence-electron chi connectivity index (χ4n) is 2.34. The summed E-state index contributed by atoms with van der Waals surface area (Å²) < 4.78 is 4.99. The van der Waals surface area contributed by atoms with Gasteiger partial charge in [0.2, 0.25) is 0 Å². The molecule has 0 atom stereocenters. The summed E-state index contributed by atoms with van der Waals surface area (Å²) in [5.74, 6) is -1.16. The summed E-state index contributed by atoms with van der Waals surface area (Å²) in [5, 5.41) is 3.58. The van der Waals surface area contributed by atoms with Crippen LogP contribution in [0.3, 0.4) is 0 Å². The summed E-state index contributed by atoms with van der Waals surface area (Å²) in [7, 11) is 0. The summed E-state index contributed by atoms with van der Waals surface area (Å²) in [4.78, 5) is 32.3. The van der Waals surface area contributed by atoms with Crippen molar-refractivity contribution >= 4 is 40.1 Å². The number of hydrogen-bond donors (Lipinski definition) is 1. The number of nitrogens with one attached hydrogen (secondary N) is 1. The van der Waals surface area contributed by atoms with E-state index in [0.29, 0.717) is 5.69 Å². The van der Waals surface area contributed by atoms with Crippen molar-refractivity contribution in [3.05, 3.63) is 65.1 Å². The Bertz CT molecular complexity index is 959. The molecule has 0 saturated carbocycles. The van der Waals surface area contributed by atoms with Crippen LogP contribution in [0.2, 0.25) is 5.15 Å². The van der Waals surface area contributed by atoms with Crippen molar-refractivity contribution in [2.45, 2.75) is 6.92 Å². The molecule has 1 N–H and O–H groups in total. The number of aromatic nitrogens is 2. The molecule has 3 rings (SSSR count). The smallest absolute Gasteiger partial charge is 0.341 e. The Balaban J connectivity index is 1.69. The maximum atomic E-state index is 12.1. The maximum absolute atomic E-state index is 12.1. The normalized spacial score (nSPS) is 10.5. The van der Waals surface area contributed by atoms with E-state index in [9.17, 15) is 9.59 Å². The highest BCUT2D eigenvalue weighted by atomic mass is 35.5. The number of rotatable bonds is 4. The number of carbonyl (C=O) groups excluding carboxylic acids is 2. The first-order valence-corrected chi connectivity index (χ1v) is 7.86. The SMILES string of the molecule is Cc1cc(NC(=O)COC(=O)c2cccnc2Cl)c2ccccc2n1. The maximum Gasteiger partial charge on any atom is 0.341 e. The van der Waals surface area contributed by atoms with E-state index in [0.717, 1.165) is 16.6 Å². The van der Waals surface area contributed by atoms with E-state index in [2.05, 4.69) is 15.3 Å². The Hall–Kier alpha value is -2.99. The molecule has 6 nitrogen and oxygen atoms in total. The molecule has 0 aliphatic rings. The average molecular weight is 356 g/mol. The van der Waals surface area contributed by atoms with Crippen molar-refractivity contribution in [3.8, 4) is 0 Å². The summed E-state index contributed by atoms with van der Waals surface area (Å²) in [6.45, 7) is 1.41. The molecule has 3 aromatic rings. The van der Waals surface area contributed by atoms with Gasteiger partial charge in [0.1, 0.15) is 5.15 Å². The van der Waals surface area contributed by atoms with E-state index in [4.69, 9.17) is 16.3 Å². The van der Waals surface area contributed by atoms with Gasteiger partial charge in [-0.2, -0.15) is 0 Å². The first-order valence-electron chi connectivity index (χ1n) is 7.48. The molecule has 126 valence electrons. The molecule has 0 bridgehead atoms. The van der Waals surface area contributed by atoms with Crippen molar-refractivity contribution in [2.75, 3.05) is 11.9 Å². The number of ether oxygens (including phenoxy) is 1. The number of pyridine rings is 2. The summed E-state index contributed by atoms with van der Waals surface area (Å²) >= 11 is 5.83. The van der Waals surface area contributed by atoms with E-state index >= 15 is 0 Å². The lowest BCUT2D eigenvalue weighted by molar-refractivity contribution is -0.119. The van der Waals surface area contributed by atoms with Crippen molar-refractivity contribution < 1.29 is 14.3 Å².